The first kappa shape index (κ1) is 12.0. The van der Waals surface area contributed by atoms with E-state index < -0.39 is 0 Å². The van der Waals surface area contributed by atoms with Gasteiger partial charge in [0.1, 0.15) is 0 Å². The monoisotopic (exact) mass is 258 g/mol. The number of ketones is 2. The molecule has 0 bridgehead atoms. The van der Waals surface area contributed by atoms with E-state index in [0.29, 0.717) is 11.1 Å². The largest absolute Gasteiger partial charge is 0.395 e. The molecule has 14 heavy (non-hydrogen) atoms. The number of benzene rings is 1. The van der Waals surface area contributed by atoms with E-state index in [1.807, 2.05) is 0 Å². The Bertz CT molecular complexity index is 438. The van der Waals surface area contributed by atoms with E-state index in [1.165, 1.54) is 6.08 Å². The summed E-state index contributed by atoms with van der Waals surface area (Å²) in [5.74, 6) is -0.470. The third kappa shape index (κ3) is 1.96. The predicted octanol–water partition coefficient (Wildman–Crippen LogP) is 0.527. The van der Waals surface area contributed by atoms with Crippen LogP contribution >= 0.6 is 0 Å². The number of rotatable bonds is 0. The molecule has 3 nitrogen and oxygen atoms in total. The van der Waals surface area contributed by atoms with Gasteiger partial charge in [0.2, 0.25) is 5.78 Å². The van der Waals surface area contributed by atoms with Crippen LogP contribution in [0.3, 0.4) is 0 Å². The molecule has 0 amide bonds. The van der Waals surface area contributed by atoms with Crippen LogP contribution in [-0.2, 0) is 0 Å². The minimum atomic E-state index is -0.268. The predicted molar refractivity (Wildman–Crippen MR) is 53.1 cm³/mol. The standard InChI is InChI=1S/C10H7NO2.Rb/c11-8-5-9(12)6-3-1-2-4-7(6)10(8)13;/h1-5H,11H2;. The minimum absolute atomic E-state index is 0. The molecule has 0 aromatic heterocycles. The summed E-state index contributed by atoms with van der Waals surface area (Å²) in [6.45, 7) is 0. The molecule has 4 heteroatoms. The van der Waals surface area contributed by atoms with Crippen LogP contribution in [0.25, 0.3) is 0 Å². The first-order valence-electron chi connectivity index (χ1n) is 3.85. The van der Waals surface area contributed by atoms with Crippen molar-refractivity contribution in [2.24, 2.45) is 5.73 Å². The van der Waals surface area contributed by atoms with Crippen LogP contribution < -0.4 is 5.73 Å². The fraction of sp³-hybridized carbons (Fsp3) is 0. The van der Waals surface area contributed by atoms with Crippen LogP contribution in [-0.4, -0.2) is 69.8 Å². The van der Waals surface area contributed by atoms with Crippen molar-refractivity contribution in [2.45, 2.75) is 0 Å². The van der Waals surface area contributed by atoms with Gasteiger partial charge in [-0.1, -0.05) is 24.3 Å². The van der Waals surface area contributed by atoms with Gasteiger partial charge in [-0.3, -0.25) is 9.59 Å². The van der Waals surface area contributed by atoms with Gasteiger partial charge in [-0.05, 0) is 0 Å². The summed E-state index contributed by atoms with van der Waals surface area (Å²) in [4.78, 5) is 22.7. The smallest absolute Gasteiger partial charge is 0.209 e. The zero-order chi connectivity index (χ0) is 9.42. The molecular formula is C10H7NO2Rb. The van der Waals surface area contributed by atoms with E-state index in [2.05, 4.69) is 0 Å². The topological polar surface area (TPSA) is 60.2 Å². The van der Waals surface area contributed by atoms with Crippen molar-refractivity contribution in [3.05, 3.63) is 47.2 Å². The molecule has 0 saturated heterocycles. The number of nitrogens with two attached hydrogens (primary N) is 1. The maximum atomic E-state index is 11.4. The SMILES string of the molecule is NC1=CC(=O)c2ccccc2C1=O.[Rb]. The Morgan fingerprint density at radius 1 is 1.00 bits per heavy atom. The number of allylic oxidation sites excluding steroid dienone is 2. The molecule has 1 aliphatic carbocycles. The third-order valence-electron chi connectivity index (χ3n) is 1.99. The molecule has 2 N–H and O–H groups in total. The molecule has 1 aromatic rings. The Kier molecular flexibility index (Phi) is 3.95. The van der Waals surface area contributed by atoms with Gasteiger partial charge < -0.3 is 5.73 Å². The van der Waals surface area contributed by atoms with Gasteiger partial charge >= 0.3 is 0 Å². The number of hydrogen-bond acceptors (Lipinski definition) is 3. The molecule has 0 unspecified atom stereocenters. The van der Waals surface area contributed by atoms with E-state index in [0.717, 1.165) is 0 Å². The normalized spacial score (nSPS) is 14.1. The summed E-state index contributed by atoms with van der Waals surface area (Å²) in [6, 6.07) is 6.66. The minimum Gasteiger partial charge on any atom is -0.395 e. The summed E-state index contributed by atoms with van der Waals surface area (Å²) < 4.78 is 0. The van der Waals surface area contributed by atoms with Gasteiger partial charge in [-0.2, -0.15) is 0 Å². The first-order chi connectivity index (χ1) is 6.20. The number of Topliss-reactive ketones (excluding diaryl/α,β-unsaturated/α-hetero) is 1. The van der Waals surface area contributed by atoms with Gasteiger partial charge in [-0.25, -0.2) is 0 Å². The summed E-state index contributed by atoms with van der Waals surface area (Å²) in [5.41, 5.74) is 6.22. The molecular weight excluding hydrogens is 252 g/mol. The number of hydrogen-bond donors (Lipinski definition) is 1. The van der Waals surface area contributed by atoms with Crippen molar-refractivity contribution in [3.63, 3.8) is 0 Å². The van der Waals surface area contributed by atoms with E-state index in [9.17, 15) is 9.59 Å². The van der Waals surface area contributed by atoms with Crippen LogP contribution in [0.2, 0.25) is 0 Å². The molecule has 65 valence electrons. The molecule has 0 heterocycles. The molecule has 0 spiro atoms. The van der Waals surface area contributed by atoms with Crippen molar-refractivity contribution in [3.8, 4) is 0 Å². The van der Waals surface area contributed by atoms with Gasteiger partial charge in [0.25, 0.3) is 0 Å². The molecule has 2 rings (SSSR count). The quantitative estimate of drug-likeness (QED) is 0.738. The Morgan fingerprint density at radius 2 is 1.57 bits per heavy atom. The summed E-state index contributed by atoms with van der Waals surface area (Å²) in [5, 5.41) is 0. The van der Waals surface area contributed by atoms with E-state index in [4.69, 9.17) is 5.73 Å². The summed E-state index contributed by atoms with van der Waals surface area (Å²) in [6.07, 6.45) is 1.17. The van der Waals surface area contributed by atoms with E-state index >= 15 is 0 Å². The van der Waals surface area contributed by atoms with E-state index in [-0.39, 0.29) is 75.5 Å². The van der Waals surface area contributed by atoms with Crippen molar-refractivity contribution >= 4 is 69.8 Å². The summed E-state index contributed by atoms with van der Waals surface area (Å²) >= 11 is 0. The van der Waals surface area contributed by atoms with Gasteiger partial charge in [0.05, 0.1) is 5.70 Å². The first-order valence-corrected chi connectivity index (χ1v) is 3.85. The second kappa shape index (κ2) is 4.62. The van der Waals surface area contributed by atoms with Crippen LogP contribution in [0.1, 0.15) is 20.7 Å². The fourth-order valence-corrected chi connectivity index (χ4v) is 1.34. The Labute approximate surface area is 130 Å². The van der Waals surface area contributed by atoms with Crippen molar-refractivity contribution in [2.75, 3.05) is 0 Å². The van der Waals surface area contributed by atoms with Crippen LogP contribution in [0.15, 0.2) is 36.0 Å². The molecule has 0 atom stereocenters. The van der Waals surface area contributed by atoms with E-state index in [1.54, 1.807) is 24.3 Å². The maximum Gasteiger partial charge on any atom is 0.209 e. The Balaban J connectivity index is 0.000000980. The molecule has 1 aliphatic rings. The zero-order valence-corrected chi connectivity index (χ0v) is 12.7. The Morgan fingerprint density at radius 3 is 2.21 bits per heavy atom. The van der Waals surface area contributed by atoms with Gasteiger partial charge in [0.15, 0.2) is 5.78 Å². The van der Waals surface area contributed by atoms with Crippen LogP contribution in [0, 0.1) is 0 Å². The molecule has 1 radical (unpaired) electrons. The second-order valence-corrected chi connectivity index (χ2v) is 2.84. The van der Waals surface area contributed by atoms with Gasteiger partial charge in [0, 0.05) is 75.4 Å². The van der Waals surface area contributed by atoms with Crippen molar-refractivity contribution < 1.29 is 9.59 Å². The van der Waals surface area contributed by atoms with Gasteiger partial charge in [-0.15, -0.1) is 0 Å². The summed E-state index contributed by atoms with van der Waals surface area (Å²) in [7, 11) is 0. The molecule has 0 aliphatic heterocycles. The average Bonchev–Trinajstić information content (AvgIpc) is 2.15. The Hall–Kier alpha value is -0.0948. The van der Waals surface area contributed by atoms with Crippen molar-refractivity contribution in [1.82, 2.24) is 0 Å². The third-order valence-corrected chi connectivity index (χ3v) is 1.99. The molecule has 1 aromatic carbocycles. The van der Waals surface area contributed by atoms with Crippen LogP contribution in [0.4, 0.5) is 0 Å². The van der Waals surface area contributed by atoms with Crippen molar-refractivity contribution in [1.29, 1.82) is 0 Å². The average molecular weight is 259 g/mol. The maximum absolute atomic E-state index is 11.4. The van der Waals surface area contributed by atoms with Crippen LogP contribution in [0.5, 0.6) is 0 Å². The zero-order valence-electron chi connectivity index (χ0n) is 7.78. The fourth-order valence-electron chi connectivity index (χ4n) is 1.34. The number of carbonyl (C=O) groups excluding carboxylic acids is 2. The molecule has 0 saturated carbocycles. The number of fused-ring (bicyclic) bond motifs is 1. The molecule has 0 fully saturated rings. The number of carbonyl (C=O) groups is 2. The second-order valence-electron chi connectivity index (χ2n) is 2.84.